The summed E-state index contributed by atoms with van der Waals surface area (Å²) in [5.74, 6) is -3.24. The first-order valence-corrected chi connectivity index (χ1v) is 5.57. The number of carboxylic acid groups (broad SMARTS) is 1. The van der Waals surface area contributed by atoms with Gasteiger partial charge in [0, 0.05) is 6.42 Å². The Morgan fingerprint density at radius 1 is 1.05 bits per heavy atom. The second-order valence-corrected chi connectivity index (χ2v) is 4.75. The van der Waals surface area contributed by atoms with Crippen molar-refractivity contribution < 1.29 is 40.6 Å². The van der Waals surface area contributed by atoms with Crippen molar-refractivity contribution in [1.29, 1.82) is 0 Å². The lowest BCUT2D eigenvalue weighted by atomic mass is 9.99. The van der Waals surface area contributed by atoms with E-state index in [4.69, 9.17) is 5.11 Å². The maximum absolute atomic E-state index is 14.2. The van der Waals surface area contributed by atoms with Gasteiger partial charge >= 0.3 is 18.3 Å². The number of benzene rings is 1. The number of carboxylic acids is 1. The molecule has 0 bridgehead atoms. The summed E-state index contributed by atoms with van der Waals surface area (Å²) in [6, 6.07) is 0.307. The van der Waals surface area contributed by atoms with Gasteiger partial charge in [0.1, 0.15) is 5.67 Å². The van der Waals surface area contributed by atoms with Crippen LogP contribution in [0.1, 0.15) is 23.1 Å². The molecule has 1 N–H and O–H groups in total. The number of hydrogen-bond donors (Lipinski definition) is 1. The summed E-state index contributed by atoms with van der Waals surface area (Å²) >= 11 is 0. The Morgan fingerprint density at radius 3 is 1.76 bits per heavy atom. The molecule has 0 heterocycles. The highest BCUT2D eigenvalue weighted by atomic mass is 19.4. The molecule has 21 heavy (non-hydrogen) atoms. The van der Waals surface area contributed by atoms with Crippen molar-refractivity contribution >= 4 is 5.97 Å². The molecule has 1 saturated carbocycles. The second kappa shape index (κ2) is 4.35. The molecule has 1 aromatic carbocycles. The van der Waals surface area contributed by atoms with Crippen molar-refractivity contribution in [2.45, 2.75) is 24.4 Å². The van der Waals surface area contributed by atoms with Crippen LogP contribution in [0.15, 0.2) is 18.2 Å². The molecule has 0 spiro atoms. The van der Waals surface area contributed by atoms with Crippen LogP contribution in [0, 0.1) is 5.92 Å². The summed E-state index contributed by atoms with van der Waals surface area (Å²) in [6.45, 7) is 0. The zero-order chi connectivity index (χ0) is 16.2. The number of carbonyl (C=O) groups is 1. The third-order valence-corrected chi connectivity index (χ3v) is 3.26. The Hall–Kier alpha value is -1.80. The topological polar surface area (TPSA) is 37.3 Å². The molecule has 2 atom stereocenters. The summed E-state index contributed by atoms with van der Waals surface area (Å²) < 4.78 is 89.7. The van der Waals surface area contributed by atoms with Gasteiger partial charge in [-0.15, -0.1) is 0 Å². The van der Waals surface area contributed by atoms with Crippen molar-refractivity contribution in [3.63, 3.8) is 0 Å². The SMILES string of the molecule is O=C(O)[C@H]1C[C@]1(F)c1cc(C(F)(F)F)cc(C(F)(F)F)c1. The molecule has 9 heteroatoms. The number of halogens is 7. The van der Waals surface area contributed by atoms with Gasteiger partial charge in [0.25, 0.3) is 0 Å². The first-order valence-electron chi connectivity index (χ1n) is 5.57. The second-order valence-electron chi connectivity index (χ2n) is 4.75. The lowest BCUT2D eigenvalue weighted by Gasteiger charge is -2.16. The zero-order valence-electron chi connectivity index (χ0n) is 10.0. The Kier molecular flexibility index (Phi) is 3.23. The summed E-state index contributed by atoms with van der Waals surface area (Å²) in [6.07, 6.45) is -10.8. The van der Waals surface area contributed by atoms with Crippen LogP contribution < -0.4 is 0 Å². The van der Waals surface area contributed by atoms with Gasteiger partial charge in [0.15, 0.2) is 0 Å². The first kappa shape index (κ1) is 15.6. The smallest absolute Gasteiger partial charge is 0.416 e. The van der Waals surface area contributed by atoms with Crippen LogP contribution in [0.2, 0.25) is 0 Å². The monoisotopic (exact) mass is 316 g/mol. The van der Waals surface area contributed by atoms with Crippen molar-refractivity contribution in [2.24, 2.45) is 5.92 Å². The molecule has 0 saturated heterocycles. The average Bonchev–Trinajstić information content (AvgIpc) is 3.01. The van der Waals surface area contributed by atoms with Crippen LogP contribution >= 0.6 is 0 Å². The largest absolute Gasteiger partial charge is 0.481 e. The van der Waals surface area contributed by atoms with Gasteiger partial charge in [-0.2, -0.15) is 26.3 Å². The molecule has 0 amide bonds. The van der Waals surface area contributed by atoms with Crippen LogP contribution in [-0.2, 0) is 22.8 Å². The van der Waals surface area contributed by atoms with Gasteiger partial charge < -0.3 is 5.11 Å². The maximum atomic E-state index is 14.2. The summed E-state index contributed by atoms with van der Waals surface area (Å²) in [5, 5.41) is 8.62. The fourth-order valence-electron chi connectivity index (χ4n) is 2.04. The van der Waals surface area contributed by atoms with Crippen molar-refractivity contribution in [3.05, 3.63) is 34.9 Å². The van der Waals surface area contributed by atoms with Gasteiger partial charge in [-0.1, -0.05) is 0 Å². The van der Waals surface area contributed by atoms with E-state index in [1.54, 1.807) is 0 Å². The quantitative estimate of drug-likeness (QED) is 0.838. The number of aliphatic carboxylic acids is 1. The highest BCUT2D eigenvalue weighted by Crippen LogP contribution is 2.56. The van der Waals surface area contributed by atoms with E-state index in [2.05, 4.69) is 0 Å². The molecular formula is C12H7F7O2. The minimum absolute atomic E-state index is 0.134. The molecule has 1 aliphatic carbocycles. The predicted octanol–water partition coefficient (Wildman–Crippen LogP) is 3.99. The lowest BCUT2D eigenvalue weighted by molar-refractivity contribution is -0.143. The van der Waals surface area contributed by atoms with Gasteiger partial charge in [0.2, 0.25) is 0 Å². The van der Waals surface area contributed by atoms with Crippen LogP contribution in [0.3, 0.4) is 0 Å². The van der Waals surface area contributed by atoms with E-state index in [0.717, 1.165) is 0 Å². The Labute approximate surface area is 113 Å². The van der Waals surface area contributed by atoms with E-state index in [1.165, 1.54) is 0 Å². The van der Waals surface area contributed by atoms with Crippen LogP contribution in [0.25, 0.3) is 0 Å². The van der Waals surface area contributed by atoms with Crippen LogP contribution in [-0.4, -0.2) is 11.1 Å². The molecule has 0 radical (unpaired) electrons. The standard InChI is InChI=1S/C12H7F7O2/c13-10(4-8(10)9(20)21)5-1-6(11(14,15)16)3-7(2-5)12(17,18)19/h1-3,8H,4H2,(H,20,21)/t8-,10+/m1/s1. The summed E-state index contributed by atoms with van der Waals surface area (Å²) in [4.78, 5) is 10.6. The average molecular weight is 316 g/mol. The molecule has 0 aliphatic heterocycles. The Morgan fingerprint density at radius 2 is 1.48 bits per heavy atom. The molecule has 2 nitrogen and oxygen atoms in total. The lowest BCUT2D eigenvalue weighted by Crippen LogP contribution is -2.16. The first-order chi connectivity index (χ1) is 9.35. The summed E-state index contributed by atoms with van der Waals surface area (Å²) in [5.41, 5.74) is -6.95. The highest BCUT2D eigenvalue weighted by molar-refractivity contribution is 5.76. The number of hydrogen-bond acceptors (Lipinski definition) is 1. The third kappa shape index (κ3) is 2.81. The van der Waals surface area contributed by atoms with Crippen molar-refractivity contribution in [2.75, 3.05) is 0 Å². The van der Waals surface area contributed by atoms with Gasteiger partial charge in [-0.25, -0.2) is 4.39 Å². The molecule has 1 aliphatic rings. The van der Waals surface area contributed by atoms with Crippen LogP contribution in [0.4, 0.5) is 30.7 Å². The van der Waals surface area contributed by atoms with E-state index < -0.39 is 53.0 Å². The van der Waals surface area contributed by atoms with Gasteiger partial charge in [-0.05, 0) is 23.8 Å². The number of alkyl halides is 7. The highest BCUT2D eigenvalue weighted by Gasteiger charge is 2.62. The Bertz CT molecular complexity index is 558. The van der Waals surface area contributed by atoms with E-state index in [1.807, 2.05) is 0 Å². The molecular weight excluding hydrogens is 309 g/mol. The minimum atomic E-state index is -5.10. The van der Waals surface area contributed by atoms with E-state index in [-0.39, 0.29) is 18.2 Å². The molecule has 0 aromatic heterocycles. The van der Waals surface area contributed by atoms with Gasteiger partial charge in [0.05, 0.1) is 17.0 Å². The van der Waals surface area contributed by atoms with E-state index >= 15 is 0 Å². The fraction of sp³-hybridized carbons (Fsp3) is 0.417. The van der Waals surface area contributed by atoms with Crippen molar-refractivity contribution in [3.8, 4) is 0 Å². The molecule has 116 valence electrons. The molecule has 2 rings (SSSR count). The Balaban J connectivity index is 2.55. The van der Waals surface area contributed by atoms with Crippen molar-refractivity contribution in [1.82, 2.24) is 0 Å². The molecule has 0 unspecified atom stereocenters. The van der Waals surface area contributed by atoms with E-state index in [9.17, 15) is 35.5 Å². The normalized spacial score (nSPS) is 25.8. The van der Waals surface area contributed by atoms with E-state index in [0.29, 0.717) is 0 Å². The minimum Gasteiger partial charge on any atom is -0.481 e. The molecule has 1 fully saturated rings. The fourth-order valence-corrected chi connectivity index (χ4v) is 2.04. The van der Waals surface area contributed by atoms with Gasteiger partial charge in [-0.3, -0.25) is 4.79 Å². The summed E-state index contributed by atoms with van der Waals surface area (Å²) in [7, 11) is 0. The van der Waals surface area contributed by atoms with Crippen LogP contribution in [0.5, 0.6) is 0 Å². The zero-order valence-corrected chi connectivity index (χ0v) is 10.0. The third-order valence-electron chi connectivity index (χ3n) is 3.26. The maximum Gasteiger partial charge on any atom is 0.416 e. The molecule has 1 aromatic rings. The number of rotatable bonds is 2. The predicted molar refractivity (Wildman–Crippen MR) is 55.0 cm³/mol.